The molecule has 0 unspecified atom stereocenters. The summed E-state index contributed by atoms with van der Waals surface area (Å²) in [6, 6.07) is 14.6. The lowest BCUT2D eigenvalue weighted by molar-refractivity contribution is 0.425. The maximum Gasteiger partial charge on any atom is 0.488 e. The quantitative estimate of drug-likeness (QED) is 0.550. The van der Waals surface area contributed by atoms with Gasteiger partial charge >= 0.3 is 7.12 Å². The van der Waals surface area contributed by atoms with Crippen molar-refractivity contribution < 1.29 is 14.8 Å². The van der Waals surface area contributed by atoms with Crippen LogP contribution in [0.2, 0.25) is 16.6 Å². The van der Waals surface area contributed by atoms with Crippen LogP contribution in [0.3, 0.4) is 0 Å². The second kappa shape index (κ2) is 9.47. The summed E-state index contributed by atoms with van der Waals surface area (Å²) in [5.41, 5.74) is 6.92. The summed E-state index contributed by atoms with van der Waals surface area (Å²) in [6.07, 6.45) is 0. The fourth-order valence-corrected chi connectivity index (χ4v) is 9.32. The number of benzene rings is 2. The summed E-state index contributed by atoms with van der Waals surface area (Å²) < 4.78 is 5.91. The largest absolute Gasteiger partial charge is 0.488 e. The molecule has 0 bridgehead atoms. The van der Waals surface area contributed by atoms with Gasteiger partial charge in [0.15, 0.2) is 0 Å². The summed E-state index contributed by atoms with van der Waals surface area (Å²) in [5, 5.41) is 18.4. The van der Waals surface area contributed by atoms with Gasteiger partial charge in [0.2, 0.25) is 0 Å². The molecule has 0 saturated heterocycles. The SMILES string of the molecule is CC(C)[Si](C#Cc1cccc(Oc2ccc(B(O)O)cc2)c1)(C(C)C)C(C)C. The fourth-order valence-electron chi connectivity index (χ4n) is 4.09. The minimum atomic E-state index is -1.77. The van der Waals surface area contributed by atoms with Gasteiger partial charge in [-0.1, -0.05) is 65.7 Å². The first-order chi connectivity index (χ1) is 13.2. The molecule has 2 aromatic rings. The van der Waals surface area contributed by atoms with E-state index in [1.165, 1.54) is 0 Å². The Hall–Kier alpha value is -2.00. The molecule has 0 amide bonds. The standard InChI is InChI=1S/C23H31BO3Si/c1-17(2)28(18(3)4,19(5)6)15-14-20-8-7-9-23(16-20)27-22-12-10-21(11-13-22)24(25)26/h7-13,16-19,25-26H,1-6H3. The van der Waals surface area contributed by atoms with Crippen molar-refractivity contribution in [3.63, 3.8) is 0 Å². The first kappa shape index (κ1) is 22.3. The molecular formula is C23H31BO3Si. The van der Waals surface area contributed by atoms with Gasteiger partial charge in [-0.15, -0.1) is 5.54 Å². The highest BCUT2D eigenvalue weighted by atomic mass is 28.3. The van der Waals surface area contributed by atoms with Gasteiger partial charge < -0.3 is 14.8 Å². The lowest BCUT2D eigenvalue weighted by atomic mass is 9.80. The third-order valence-electron chi connectivity index (χ3n) is 5.54. The van der Waals surface area contributed by atoms with Gasteiger partial charge in [0.25, 0.3) is 0 Å². The van der Waals surface area contributed by atoms with E-state index in [9.17, 15) is 10.0 Å². The van der Waals surface area contributed by atoms with Crippen molar-refractivity contribution in [1.29, 1.82) is 0 Å². The smallest absolute Gasteiger partial charge is 0.457 e. The van der Waals surface area contributed by atoms with Crippen LogP contribution in [0, 0.1) is 11.5 Å². The molecule has 0 aliphatic heterocycles. The average molecular weight is 394 g/mol. The van der Waals surface area contributed by atoms with Crippen molar-refractivity contribution in [2.45, 2.75) is 58.2 Å². The molecule has 0 aliphatic rings. The van der Waals surface area contributed by atoms with Crippen LogP contribution in [0.25, 0.3) is 0 Å². The zero-order valence-corrected chi connectivity index (χ0v) is 18.7. The molecule has 28 heavy (non-hydrogen) atoms. The number of ether oxygens (including phenoxy) is 1. The van der Waals surface area contributed by atoms with Crippen LogP contribution in [0.5, 0.6) is 11.5 Å². The van der Waals surface area contributed by atoms with E-state index in [-0.39, 0.29) is 0 Å². The maximum absolute atomic E-state index is 9.19. The normalized spacial score (nSPS) is 11.5. The van der Waals surface area contributed by atoms with E-state index < -0.39 is 15.2 Å². The van der Waals surface area contributed by atoms with Crippen LogP contribution in [0.4, 0.5) is 0 Å². The summed E-state index contributed by atoms with van der Waals surface area (Å²) in [6.45, 7) is 13.9. The number of rotatable bonds is 6. The lowest BCUT2D eigenvalue weighted by Crippen LogP contribution is -2.43. The summed E-state index contributed by atoms with van der Waals surface area (Å²) in [5.74, 6) is 4.81. The van der Waals surface area contributed by atoms with Crippen molar-refractivity contribution in [2.75, 3.05) is 0 Å². The van der Waals surface area contributed by atoms with E-state index in [1.54, 1.807) is 24.3 Å². The molecule has 148 valence electrons. The minimum Gasteiger partial charge on any atom is -0.457 e. The molecule has 0 saturated carbocycles. The summed E-state index contributed by atoms with van der Waals surface area (Å²) >= 11 is 0. The Balaban J connectivity index is 2.27. The highest BCUT2D eigenvalue weighted by Gasteiger charge is 2.41. The molecule has 2 aromatic carbocycles. The zero-order chi connectivity index (χ0) is 20.9. The topological polar surface area (TPSA) is 49.7 Å². The molecule has 5 heteroatoms. The van der Waals surface area contributed by atoms with Gasteiger partial charge in [-0.2, -0.15) is 0 Å². The van der Waals surface area contributed by atoms with E-state index in [0.717, 1.165) is 11.3 Å². The van der Waals surface area contributed by atoms with Gasteiger partial charge in [0, 0.05) is 5.56 Å². The summed E-state index contributed by atoms with van der Waals surface area (Å²) in [4.78, 5) is 0. The molecule has 3 nitrogen and oxygen atoms in total. The van der Waals surface area contributed by atoms with Crippen molar-refractivity contribution in [2.24, 2.45) is 0 Å². The molecule has 0 atom stereocenters. The van der Waals surface area contributed by atoms with Crippen molar-refractivity contribution in [1.82, 2.24) is 0 Å². The second-order valence-corrected chi connectivity index (χ2v) is 13.8. The third-order valence-corrected chi connectivity index (χ3v) is 11.8. The molecule has 0 radical (unpaired) electrons. The van der Waals surface area contributed by atoms with Gasteiger partial charge in [0.05, 0.1) is 0 Å². The van der Waals surface area contributed by atoms with E-state index in [0.29, 0.717) is 27.8 Å². The molecule has 0 heterocycles. The molecule has 0 spiro atoms. The Morgan fingerprint density at radius 1 is 0.821 bits per heavy atom. The third kappa shape index (κ3) is 5.08. The Kier molecular flexibility index (Phi) is 7.54. The maximum atomic E-state index is 9.19. The van der Waals surface area contributed by atoms with Crippen LogP contribution < -0.4 is 10.2 Å². The van der Waals surface area contributed by atoms with E-state index in [1.807, 2.05) is 24.3 Å². The summed E-state index contributed by atoms with van der Waals surface area (Å²) in [7, 11) is -3.24. The van der Waals surface area contributed by atoms with E-state index in [2.05, 4.69) is 53.0 Å². The molecule has 0 aromatic heterocycles. The van der Waals surface area contributed by atoms with Crippen LogP contribution >= 0.6 is 0 Å². The molecule has 0 aliphatic carbocycles. The van der Waals surface area contributed by atoms with Crippen molar-refractivity contribution in [3.8, 4) is 23.0 Å². The number of hydrogen-bond acceptors (Lipinski definition) is 3. The Bertz CT molecular complexity index is 811. The van der Waals surface area contributed by atoms with E-state index >= 15 is 0 Å². The van der Waals surface area contributed by atoms with Gasteiger partial charge in [-0.25, -0.2) is 0 Å². The second-order valence-electron chi connectivity index (χ2n) is 8.22. The van der Waals surface area contributed by atoms with Crippen LogP contribution in [0.1, 0.15) is 47.1 Å². The fraction of sp³-hybridized carbons (Fsp3) is 0.391. The van der Waals surface area contributed by atoms with Crippen molar-refractivity contribution in [3.05, 3.63) is 54.1 Å². The molecule has 2 N–H and O–H groups in total. The molecule has 0 fully saturated rings. The predicted molar refractivity (Wildman–Crippen MR) is 121 cm³/mol. The Morgan fingerprint density at radius 3 is 1.89 bits per heavy atom. The van der Waals surface area contributed by atoms with Crippen LogP contribution in [-0.4, -0.2) is 25.2 Å². The van der Waals surface area contributed by atoms with Gasteiger partial charge in [-0.3, -0.25) is 0 Å². The van der Waals surface area contributed by atoms with Crippen LogP contribution in [0.15, 0.2) is 48.5 Å². The highest BCUT2D eigenvalue weighted by Crippen LogP contribution is 2.40. The number of hydrogen-bond donors (Lipinski definition) is 2. The van der Waals surface area contributed by atoms with Crippen LogP contribution in [-0.2, 0) is 0 Å². The Labute approximate surface area is 170 Å². The predicted octanol–water partition coefficient (Wildman–Crippen LogP) is 4.73. The molecule has 2 rings (SSSR count). The van der Waals surface area contributed by atoms with Crippen molar-refractivity contribution >= 4 is 20.7 Å². The molecular weight excluding hydrogens is 363 g/mol. The monoisotopic (exact) mass is 394 g/mol. The Morgan fingerprint density at radius 2 is 1.39 bits per heavy atom. The average Bonchev–Trinajstić information content (AvgIpc) is 2.62. The first-order valence-electron chi connectivity index (χ1n) is 9.94. The zero-order valence-electron chi connectivity index (χ0n) is 17.7. The highest BCUT2D eigenvalue weighted by molar-refractivity contribution is 6.90. The first-order valence-corrected chi connectivity index (χ1v) is 12.2. The lowest BCUT2D eigenvalue weighted by Gasteiger charge is -2.38. The van der Waals surface area contributed by atoms with Gasteiger partial charge in [-0.05, 0) is 52.4 Å². The van der Waals surface area contributed by atoms with Gasteiger partial charge in [0.1, 0.15) is 19.6 Å². The van der Waals surface area contributed by atoms with E-state index in [4.69, 9.17) is 4.74 Å². The minimum absolute atomic E-state index is 0.435.